The van der Waals surface area contributed by atoms with Crippen LogP contribution < -0.4 is 19.7 Å². The monoisotopic (exact) mass is 441 g/mol. The highest BCUT2D eigenvalue weighted by Crippen LogP contribution is 2.25. The van der Waals surface area contributed by atoms with Crippen LogP contribution in [-0.2, 0) is 10.0 Å². The van der Waals surface area contributed by atoms with Gasteiger partial charge in [0.25, 0.3) is 10.0 Å². The van der Waals surface area contributed by atoms with Gasteiger partial charge < -0.3 is 15.0 Å². The van der Waals surface area contributed by atoms with Gasteiger partial charge in [0.1, 0.15) is 23.2 Å². The van der Waals surface area contributed by atoms with E-state index in [9.17, 15) is 8.42 Å². The van der Waals surface area contributed by atoms with Crippen LogP contribution in [0, 0.1) is 13.8 Å². The minimum Gasteiger partial charge on any atom is -0.494 e. The normalized spacial score (nSPS) is 11.1. The minimum absolute atomic E-state index is 0.184. The van der Waals surface area contributed by atoms with Crippen molar-refractivity contribution in [3.63, 3.8) is 0 Å². The average Bonchev–Trinajstić information content (AvgIpc) is 2.70. The van der Waals surface area contributed by atoms with Crippen molar-refractivity contribution in [1.82, 2.24) is 9.97 Å². The lowest BCUT2D eigenvalue weighted by Crippen LogP contribution is -2.13. The van der Waals surface area contributed by atoms with Gasteiger partial charge >= 0.3 is 0 Å². The number of aryl methyl sites for hydroxylation is 2. The highest BCUT2D eigenvalue weighted by molar-refractivity contribution is 7.92. The molecule has 8 nitrogen and oxygen atoms in total. The number of benzene rings is 2. The zero-order valence-corrected chi connectivity index (χ0v) is 19.1. The SMILES string of the molecule is CCOc1ccc(S(=O)(=O)Nc2ccc(Nc3cc(N(C)C)nc(C)n3)cc2)cc1C. The van der Waals surface area contributed by atoms with Gasteiger partial charge in [-0.25, -0.2) is 18.4 Å². The topological polar surface area (TPSA) is 96.5 Å². The van der Waals surface area contributed by atoms with E-state index < -0.39 is 10.0 Å². The van der Waals surface area contributed by atoms with Gasteiger partial charge in [-0.05, 0) is 68.8 Å². The second-order valence-corrected chi connectivity index (χ2v) is 8.90. The summed E-state index contributed by atoms with van der Waals surface area (Å²) in [6.45, 7) is 6.06. The zero-order valence-electron chi connectivity index (χ0n) is 18.3. The molecule has 0 radical (unpaired) electrons. The molecule has 0 aliphatic heterocycles. The molecular formula is C22H27N5O3S. The predicted molar refractivity (Wildman–Crippen MR) is 124 cm³/mol. The van der Waals surface area contributed by atoms with Crippen LogP contribution >= 0.6 is 0 Å². The third-order valence-corrected chi connectivity index (χ3v) is 5.83. The molecule has 164 valence electrons. The Morgan fingerprint density at radius 3 is 2.26 bits per heavy atom. The zero-order chi connectivity index (χ0) is 22.6. The van der Waals surface area contributed by atoms with Crippen LogP contribution in [0.15, 0.2) is 53.4 Å². The van der Waals surface area contributed by atoms with Gasteiger partial charge in [0.15, 0.2) is 0 Å². The van der Waals surface area contributed by atoms with E-state index in [-0.39, 0.29) is 4.90 Å². The molecule has 0 aliphatic rings. The summed E-state index contributed by atoms with van der Waals surface area (Å²) < 4.78 is 33.6. The van der Waals surface area contributed by atoms with Crippen molar-refractivity contribution in [2.45, 2.75) is 25.7 Å². The first-order valence-corrected chi connectivity index (χ1v) is 11.3. The maximum atomic E-state index is 12.7. The molecule has 1 heterocycles. The van der Waals surface area contributed by atoms with E-state index in [2.05, 4.69) is 20.0 Å². The molecule has 2 N–H and O–H groups in total. The number of anilines is 4. The van der Waals surface area contributed by atoms with Crippen molar-refractivity contribution in [1.29, 1.82) is 0 Å². The van der Waals surface area contributed by atoms with Crippen LogP contribution in [0.2, 0.25) is 0 Å². The number of ether oxygens (including phenoxy) is 1. The van der Waals surface area contributed by atoms with E-state index in [4.69, 9.17) is 4.74 Å². The standard InChI is InChI=1S/C22H27N5O3S/c1-6-30-20-12-11-19(13-15(20)2)31(28,29)26-18-9-7-17(8-10-18)25-21-14-22(27(4)5)24-16(3)23-21/h7-14,26H,6H2,1-5H3,(H,23,24,25). The van der Waals surface area contributed by atoms with E-state index in [0.29, 0.717) is 29.7 Å². The molecule has 31 heavy (non-hydrogen) atoms. The van der Waals surface area contributed by atoms with Crippen molar-refractivity contribution < 1.29 is 13.2 Å². The van der Waals surface area contributed by atoms with Gasteiger partial charge in [0.2, 0.25) is 0 Å². The number of sulfonamides is 1. The fraction of sp³-hybridized carbons (Fsp3) is 0.273. The molecule has 0 spiro atoms. The maximum absolute atomic E-state index is 12.7. The lowest BCUT2D eigenvalue weighted by Gasteiger charge is -2.14. The summed E-state index contributed by atoms with van der Waals surface area (Å²) in [5.41, 5.74) is 2.01. The van der Waals surface area contributed by atoms with Crippen molar-refractivity contribution in [3.05, 3.63) is 59.9 Å². The first-order valence-electron chi connectivity index (χ1n) is 9.84. The average molecular weight is 442 g/mol. The van der Waals surface area contributed by atoms with E-state index in [1.54, 1.807) is 36.4 Å². The first kappa shape index (κ1) is 22.4. The van der Waals surface area contributed by atoms with Crippen LogP contribution in [-0.4, -0.2) is 39.1 Å². The Morgan fingerprint density at radius 2 is 1.65 bits per heavy atom. The van der Waals surface area contributed by atoms with Gasteiger partial charge in [-0.15, -0.1) is 0 Å². The van der Waals surface area contributed by atoms with Gasteiger partial charge in [-0.3, -0.25) is 4.72 Å². The summed E-state index contributed by atoms with van der Waals surface area (Å²) in [5.74, 6) is 2.79. The van der Waals surface area contributed by atoms with E-state index in [1.165, 1.54) is 6.07 Å². The number of hydrogen-bond acceptors (Lipinski definition) is 7. The first-order chi connectivity index (χ1) is 14.7. The molecule has 0 aliphatic carbocycles. The molecule has 0 saturated heterocycles. The van der Waals surface area contributed by atoms with Gasteiger partial charge in [0.05, 0.1) is 11.5 Å². The lowest BCUT2D eigenvalue weighted by atomic mass is 10.2. The van der Waals surface area contributed by atoms with Gasteiger partial charge in [-0.1, -0.05) is 0 Å². The van der Waals surface area contributed by atoms with E-state index in [1.807, 2.05) is 45.8 Å². The molecule has 0 bridgehead atoms. The summed E-state index contributed by atoms with van der Waals surface area (Å²) in [7, 11) is 0.118. The van der Waals surface area contributed by atoms with Gasteiger partial charge in [0, 0.05) is 31.5 Å². The predicted octanol–water partition coefficient (Wildman–Crippen LogP) is 4.10. The molecule has 0 unspecified atom stereocenters. The number of hydrogen-bond donors (Lipinski definition) is 2. The molecule has 0 saturated carbocycles. The quantitative estimate of drug-likeness (QED) is 0.543. The van der Waals surface area contributed by atoms with Crippen LogP contribution in [0.3, 0.4) is 0 Å². The molecule has 0 fully saturated rings. The lowest BCUT2D eigenvalue weighted by molar-refractivity contribution is 0.337. The Hall–Kier alpha value is -3.33. The van der Waals surface area contributed by atoms with Crippen LogP contribution in [0.4, 0.5) is 23.0 Å². The summed E-state index contributed by atoms with van der Waals surface area (Å²) in [5, 5.41) is 3.22. The minimum atomic E-state index is -3.71. The Balaban J connectivity index is 1.74. The molecule has 0 atom stereocenters. The second kappa shape index (κ2) is 9.22. The summed E-state index contributed by atoms with van der Waals surface area (Å²) in [4.78, 5) is 10.8. The molecule has 1 aromatic heterocycles. The number of nitrogens with one attached hydrogen (secondary N) is 2. The largest absolute Gasteiger partial charge is 0.494 e. The summed E-state index contributed by atoms with van der Waals surface area (Å²) >= 11 is 0. The third kappa shape index (κ3) is 5.64. The van der Waals surface area contributed by atoms with Crippen LogP contribution in [0.25, 0.3) is 0 Å². The fourth-order valence-electron chi connectivity index (χ4n) is 2.94. The van der Waals surface area contributed by atoms with Crippen molar-refractivity contribution >= 4 is 33.0 Å². The number of aromatic nitrogens is 2. The number of nitrogens with zero attached hydrogens (tertiary/aromatic N) is 3. The summed E-state index contributed by atoms with van der Waals surface area (Å²) in [6.07, 6.45) is 0. The Morgan fingerprint density at radius 1 is 0.968 bits per heavy atom. The molecule has 9 heteroatoms. The fourth-order valence-corrected chi connectivity index (χ4v) is 4.08. The maximum Gasteiger partial charge on any atom is 0.261 e. The third-order valence-electron chi connectivity index (χ3n) is 4.45. The molecule has 2 aromatic carbocycles. The molecule has 3 aromatic rings. The second-order valence-electron chi connectivity index (χ2n) is 7.22. The van der Waals surface area contributed by atoms with Crippen LogP contribution in [0.5, 0.6) is 5.75 Å². The Labute approximate surface area is 183 Å². The molecule has 0 amide bonds. The molecule has 3 rings (SSSR count). The highest BCUT2D eigenvalue weighted by atomic mass is 32.2. The van der Waals surface area contributed by atoms with Gasteiger partial charge in [-0.2, -0.15) is 0 Å². The molecular weight excluding hydrogens is 414 g/mol. The van der Waals surface area contributed by atoms with E-state index in [0.717, 1.165) is 17.1 Å². The van der Waals surface area contributed by atoms with Crippen molar-refractivity contribution in [3.8, 4) is 5.75 Å². The number of rotatable bonds is 8. The van der Waals surface area contributed by atoms with Crippen molar-refractivity contribution in [2.75, 3.05) is 35.6 Å². The van der Waals surface area contributed by atoms with E-state index >= 15 is 0 Å². The Bertz CT molecular complexity index is 1160. The summed E-state index contributed by atoms with van der Waals surface area (Å²) in [6, 6.07) is 13.6. The smallest absolute Gasteiger partial charge is 0.261 e. The Kier molecular flexibility index (Phi) is 6.65. The van der Waals surface area contributed by atoms with Crippen LogP contribution in [0.1, 0.15) is 18.3 Å². The highest BCUT2D eigenvalue weighted by Gasteiger charge is 2.16. The van der Waals surface area contributed by atoms with Crippen molar-refractivity contribution in [2.24, 2.45) is 0 Å².